The van der Waals surface area contributed by atoms with E-state index < -0.39 is 0 Å². The number of hydrogen-bond acceptors (Lipinski definition) is 4. The number of amides is 1. The molecular weight excluding hydrogens is 316 g/mol. The van der Waals surface area contributed by atoms with Crippen molar-refractivity contribution in [3.8, 4) is 0 Å². The number of nitrogens with two attached hydrogens (primary N) is 1. The first-order valence-corrected chi connectivity index (χ1v) is 7.44. The molecule has 0 aliphatic rings. The van der Waals surface area contributed by atoms with Gasteiger partial charge in [-0.1, -0.05) is 32.0 Å². The van der Waals surface area contributed by atoms with Gasteiger partial charge in [-0.05, 0) is 18.9 Å². The van der Waals surface area contributed by atoms with E-state index in [1.807, 2.05) is 20.8 Å². The largest absolute Gasteiger partial charge is 0.347 e. The molecule has 1 aromatic carbocycles. The molecule has 126 valence electrons. The van der Waals surface area contributed by atoms with Crippen molar-refractivity contribution in [1.82, 2.24) is 15.1 Å². The molecule has 0 aliphatic heterocycles. The SMILES string of the molecule is CC(C)Cn1nc(C(=O)N[C@@H](C)CN)c2ccccc2c1=O.Cl. The number of halogens is 1. The molecule has 0 radical (unpaired) electrons. The predicted octanol–water partition coefficient (Wildman–Crippen LogP) is 1.55. The highest BCUT2D eigenvalue weighted by Crippen LogP contribution is 2.13. The Morgan fingerprint density at radius 1 is 1.26 bits per heavy atom. The van der Waals surface area contributed by atoms with Crippen LogP contribution >= 0.6 is 12.4 Å². The molecule has 0 fully saturated rings. The zero-order valence-electron chi connectivity index (χ0n) is 13.6. The molecule has 2 rings (SSSR count). The lowest BCUT2D eigenvalue weighted by Crippen LogP contribution is -2.39. The minimum Gasteiger partial charge on any atom is -0.347 e. The van der Waals surface area contributed by atoms with Crippen molar-refractivity contribution < 1.29 is 4.79 Å². The van der Waals surface area contributed by atoms with E-state index in [1.165, 1.54) is 4.68 Å². The van der Waals surface area contributed by atoms with Gasteiger partial charge in [0.2, 0.25) is 0 Å². The number of aromatic nitrogens is 2. The van der Waals surface area contributed by atoms with Gasteiger partial charge in [0.1, 0.15) is 0 Å². The minimum atomic E-state index is -0.313. The fraction of sp³-hybridized carbons (Fsp3) is 0.438. The van der Waals surface area contributed by atoms with Crippen LogP contribution in [0, 0.1) is 5.92 Å². The fourth-order valence-corrected chi connectivity index (χ4v) is 2.22. The lowest BCUT2D eigenvalue weighted by atomic mass is 10.1. The van der Waals surface area contributed by atoms with E-state index >= 15 is 0 Å². The van der Waals surface area contributed by atoms with Gasteiger partial charge in [0.15, 0.2) is 5.69 Å². The zero-order chi connectivity index (χ0) is 16.3. The van der Waals surface area contributed by atoms with Crippen molar-refractivity contribution in [2.45, 2.75) is 33.4 Å². The topological polar surface area (TPSA) is 90.0 Å². The quantitative estimate of drug-likeness (QED) is 0.865. The number of benzene rings is 1. The van der Waals surface area contributed by atoms with E-state index in [0.717, 1.165) is 0 Å². The number of fused-ring (bicyclic) bond motifs is 1. The van der Waals surface area contributed by atoms with Crippen LogP contribution in [0.1, 0.15) is 31.3 Å². The van der Waals surface area contributed by atoms with E-state index in [0.29, 0.717) is 23.9 Å². The maximum Gasteiger partial charge on any atom is 0.274 e. The highest BCUT2D eigenvalue weighted by atomic mass is 35.5. The average molecular weight is 339 g/mol. The Bertz CT molecular complexity index is 742. The Kier molecular flexibility index (Phi) is 6.72. The summed E-state index contributed by atoms with van der Waals surface area (Å²) in [5.41, 5.74) is 5.63. The predicted molar refractivity (Wildman–Crippen MR) is 94.1 cm³/mol. The summed E-state index contributed by atoms with van der Waals surface area (Å²) in [7, 11) is 0. The molecule has 3 N–H and O–H groups in total. The van der Waals surface area contributed by atoms with Gasteiger partial charge >= 0.3 is 0 Å². The molecule has 0 spiro atoms. The van der Waals surface area contributed by atoms with E-state index in [2.05, 4.69) is 10.4 Å². The van der Waals surface area contributed by atoms with Gasteiger partial charge in [-0.3, -0.25) is 9.59 Å². The van der Waals surface area contributed by atoms with Crippen molar-refractivity contribution in [2.24, 2.45) is 11.7 Å². The van der Waals surface area contributed by atoms with Gasteiger partial charge in [-0.25, -0.2) is 4.68 Å². The first-order valence-electron chi connectivity index (χ1n) is 7.44. The molecule has 2 aromatic rings. The first-order chi connectivity index (χ1) is 10.4. The highest BCUT2D eigenvalue weighted by molar-refractivity contribution is 6.04. The molecule has 1 amide bonds. The summed E-state index contributed by atoms with van der Waals surface area (Å²) >= 11 is 0. The van der Waals surface area contributed by atoms with Crippen LogP contribution in [-0.4, -0.2) is 28.3 Å². The van der Waals surface area contributed by atoms with Crippen LogP contribution in [-0.2, 0) is 6.54 Å². The normalized spacial score (nSPS) is 12.0. The molecule has 1 atom stereocenters. The molecule has 1 aromatic heterocycles. The molecule has 0 bridgehead atoms. The summed E-state index contributed by atoms with van der Waals surface area (Å²) in [6.45, 7) is 6.63. The van der Waals surface area contributed by atoms with E-state index in [4.69, 9.17) is 5.73 Å². The van der Waals surface area contributed by atoms with Gasteiger partial charge in [0, 0.05) is 24.5 Å². The Balaban J connectivity index is 0.00000264. The second-order valence-electron chi connectivity index (χ2n) is 5.89. The second-order valence-corrected chi connectivity index (χ2v) is 5.89. The summed E-state index contributed by atoms with van der Waals surface area (Å²) in [6, 6.07) is 6.89. The van der Waals surface area contributed by atoms with Gasteiger partial charge in [0.05, 0.1) is 5.39 Å². The lowest BCUT2D eigenvalue weighted by Gasteiger charge is -2.14. The number of carbonyl (C=O) groups is 1. The monoisotopic (exact) mass is 338 g/mol. The Morgan fingerprint density at radius 2 is 1.87 bits per heavy atom. The molecule has 6 nitrogen and oxygen atoms in total. The third kappa shape index (κ3) is 4.30. The third-order valence-corrected chi connectivity index (χ3v) is 3.35. The molecule has 1 heterocycles. The number of nitrogens with zero attached hydrogens (tertiary/aromatic N) is 2. The van der Waals surface area contributed by atoms with Crippen molar-refractivity contribution >= 4 is 29.1 Å². The van der Waals surface area contributed by atoms with Crippen molar-refractivity contribution in [3.63, 3.8) is 0 Å². The smallest absolute Gasteiger partial charge is 0.274 e. The number of nitrogens with one attached hydrogen (secondary N) is 1. The number of carbonyl (C=O) groups excluding carboxylic acids is 1. The molecule has 0 saturated carbocycles. The van der Waals surface area contributed by atoms with Crippen molar-refractivity contribution in [2.75, 3.05) is 6.54 Å². The summed E-state index contributed by atoms with van der Waals surface area (Å²) in [4.78, 5) is 24.9. The summed E-state index contributed by atoms with van der Waals surface area (Å²) < 4.78 is 1.37. The zero-order valence-corrected chi connectivity index (χ0v) is 14.4. The lowest BCUT2D eigenvalue weighted by molar-refractivity contribution is 0.0935. The maximum atomic E-state index is 12.5. The van der Waals surface area contributed by atoms with Crippen molar-refractivity contribution in [3.05, 3.63) is 40.3 Å². The molecule has 0 aliphatic carbocycles. The maximum absolute atomic E-state index is 12.5. The van der Waals surface area contributed by atoms with E-state index in [9.17, 15) is 9.59 Å². The van der Waals surface area contributed by atoms with Gasteiger partial charge < -0.3 is 11.1 Å². The molecule has 7 heteroatoms. The Hall–Kier alpha value is -1.92. The van der Waals surface area contributed by atoms with Crippen LogP contribution < -0.4 is 16.6 Å². The van der Waals surface area contributed by atoms with Crippen LogP contribution in [0.2, 0.25) is 0 Å². The summed E-state index contributed by atoms with van der Waals surface area (Å²) in [5, 5.41) is 8.14. The van der Waals surface area contributed by atoms with E-state index in [1.54, 1.807) is 24.3 Å². The van der Waals surface area contributed by atoms with Crippen LogP contribution in [0.3, 0.4) is 0 Å². The molecule has 23 heavy (non-hydrogen) atoms. The number of hydrogen-bond donors (Lipinski definition) is 2. The Morgan fingerprint density at radius 3 is 2.43 bits per heavy atom. The molecule has 0 saturated heterocycles. The van der Waals surface area contributed by atoms with Crippen LogP contribution in [0.4, 0.5) is 0 Å². The van der Waals surface area contributed by atoms with Crippen LogP contribution in [0.25, 0.3) is 10.8 Å². The third-order valence-electron chi connectivity index (χ3n) is 3.35. The summed E-state index contributed by atoms with van der Waals surface area (Å²) in [6.07, 6.45) is 0. The van der Waals surface area contributed by atoms with Gasteiger partial charge in [-0.15, -0.1) is 12.4 Å². The second kappa shape index (κ2) is 8.08. The minimum absolute atomic E-state index is 0. The van der Waals surface area contributed by atoms with E-state index in [-0.39, 0.29) is 41.5 Å². The average Bonchev–Trinajstić information content (AvgIpc) is 2.49. The van der Waals surface area contributed by atoms with Crippen LogP contribution in [0.15, 0.2) is 29.1 Å². The summed E-state index contributed by atoms with van der Waals surface area (Å²) in [5.74, 6) is -0.0584. The van der Waals surface area contributed by atoms with Gasteiger partial charge in [-0.2, -0.15) is 5.10 Å². The highest BCUT2D eigenvalue weighted by Gasteiger charge is 2.18. The molecular formula is C16H23ClN4O2. The van der Waals surface area contributed by atoms with Crippen molar-refractivity contribution in [1.29, 1.82) is 0 Å². The number of rotatable bonds is 5. The standard InChI is InChI=1S/C16H22N4O2.ClH/c1-10(2)9-20-16(22)13-7-5-4-6-12(13)14(19-20)15(21)18-11(3)8-17;/h4-7,10-11H,8-9,17H2,1-3H3,(H,18,21);1H/t11-;/m0./s1. The van der Waals surface area contributed by atoms with Crippen LogP contribution in [0.5, 0.6) is 0 Å². The molecule has 0 unspecified atom stereocenters. The van der Waals surface area contributed by atoms with Gasteiger partial charge in [0.25, 0.3) is 11.5 Å². The Labute approximate surface area is 141 Å². The fourth-order valence-electron chi connectivity index (χ4n) is 2.22. The first kappa shape index (κ1) is 19.1.